The van der Waals surface area contributed by atoms with Gasteiger partial charge in [0.25, 0.3) is 0 Å². The Morgan fingerprint density at radius 1 is 1.35 bits per heavy atom. The maximum Gasteiger partial charge on any atom is 0.308 e. The summed E-state index contributed by atoms with van der Waals surface area (Å²) in [5.41, 5.74) is 1.13. The number of rotatable bonds is 2. The minimum absolute atomic E-state index is 0.0943. The van der Waals surface area contributed by atoms with Crippen molar-refractivity contribution in [1.82, 2.24) is 5.32 Å². The number of hydrogen-bond acceptors (Lipinski definition) is 3. The number of fused-ring (bicyclic) bond motifs is 1. The van der Waals surface area contributed by atoms with Gasteiger partial charge in [-0.1, -0.05) is 6.07 Å². The first-order chi connectivity index (χ1) is 8.25. The number of thiophene rings is 1. The number of benzene rings is 1. The van der Waals surface area contributed by atoms with Gasteiger partial charge in [-0.25, -0.2) is 0 Å². The zero-order valence-electron chi connectivity index (χ0n) is 9.22. The van der Waals surface area contributed by atoms with Crippen molar-refractivity contribution < 1.29 is 9.90 Å². The predicted octanol–water partition coefficient (Wildman–Crippen LogP) is 2.29. The highest BCUT2D eigenvalue weighted by atomic mass is 32.1. The molecular weight excluding hydrogens is 234 g/mol. The average Bonchev–Trinajstić information content (AvgIpc) is 2.96. The molecule has 0 radical (unpaired) electrons. The van der Waals surface area contributed by atoms with Crippen LogP contribution < -0.4 is 5.32 Å². The van der Waals surface area contributed by atoms with E-state index < -0.39 is 5.97 Å². The average molecular weight is 247 g/mol. The zero-order chi connectivity index (χ0) is 11.8. The molecule has 1 fully saturated rings. The Balaban J connectivity index is 1.99. The number of carboxylic acids is 1. The lowest BCUT2D eigenvalue weighted by atomic mass is 9.88. The second kappa shape index (κ2) is 4.13. The first kappa shape index (κ1) is 10.7. The Morgan fingerprint density at radius 2 is 2.24 bits per heavy atom. The SMILES string of the molecule is O=C(O)C1CNCC1c1ccc2sccc2c1. The first-order valence-corrected chi connectivity index (χ1v) is 6.54. The molecule has 3 nitrogen and oxygen atoms in total. The Kier molecular flexibility index (Phi) is 2.61. The molecule has 2 unspecified atom stereocenters. The monoisotopic (exact) mass is 247 g/mol. The molecule has 0 saturated carbocycles. The zero-order valence-corrected chi connectivity index (χ0v) is 10.0. The molecule has 0 aliphatic carbocycles. The van der Waals surface area contributed by atoms with E-state index >= 15 is 0 Å². The summed E-state index contributed by atoms with van der Waals surface area (Å²) in [7, 11) is 0. The molecule has 17 heavy (non-hydrogen) atoms. The molecule has 0 spiro atoms. The van der Waals surface area contributed by atoms with Gasteiger partial charge < -0.3 is 10.4 Å². The minimum atomic E-state index is -0.703. The van der Waals surface area contributed by atoms with Crippen molar-refractivity contribution in [3.8, 4) is 0 Å². The second-order valence-corrected chi connectivity index (χ2v) is 5.38. The lowest BCUT2D eigenvalue weighted by Gasteiger charge is -2.15. The van der Waals surface area contributed by atoms with E-state index in [1.54, 1.807) is 11.3 Å². The highest BCUT2D eigenvalue weighted by Gasteiger charge is 2.33. The van der Waals surface area contributed by atoms with Gasteiger partial charge in [0.15, 0.2) is 0 Å². The number of aliphatic carboxylic acids is 1. The highest BCUT2D eigenvalue weighted by Crippen LogP contribution is 2.31. The van der Waals surface area contributed by atoms with Crippen LogP contribution in [0.3, 0.4) is 0 Å². The van der Waals surface area contributed by atoms with E-state index in [0.717, 1.165) is 12.1 Å². The van der Waals surface area contributed by atoms with Crippen molar-refractivity contribution in [3.63, 3.8) is 0 Å². The molecule has 2 atom stereocenters. The van der Waals surface area contributed by atoms with Gasteiger partial charge in [0, 0.05) is 23.7 Å². The molecule has 0 bridgehead atoms. The van der Waals surface area contributed by atoms with Gasteiger partial charge >= 0.3 is 5.97 Å². The maximum atomic E-state index is 11.2. The molecule has 1 aromatic heterocycles. The lowest BCUT2D eigenvalue weighted by molar-refractivity contribution is -0.141. The summed E-state index contributed by atoms with van der Waals surface area (Å²) < 4.78 is 1.26. The maximum absolute atomic E-state index is 11.2. The molecule has 1 aromatic carbocycles. The standard InChI is InChI=1S/C13H13NO2S/c15-13(16)11-7-14-6-10(11)8-1-2-12-9(5-8)3-4-17-12/h1-5,10-11,14H,6-7H2,(H,15,16). The van der Waals surface area contributed by atoms with Crippen LogP contribution in [0, 0.1) is 5.92 Å². The van der Waals surface area contributed by atoms with E-state index in [9.17, 15) is 9.90 Å². The Morgan fingerprint density at radius 3 is 3.06 bits per heavy atom. The van der Waals surface area contributed by atoms with Crippen molar-refractivity contribution >= 4 is 27.4 Å². The molecule has 0 amide bonds. The van der Waals surface area contributed by atoms with Gasteiger partial charge in [-0.05, 0) is 34.5 Å². The summed E-state index contributed by atoms with van der Waals surface area (Å²) in [6, 6.07) is 8.36. The largest absolute Gasteiger partial charge is 0.481 e. The summed E-state index contributed by atoms with van der Waals surface area (Å²) in [4.78, 5) is 11.2. The molecular formula is C13H13NO2S. The van der Waals surface area contributed by atoms with Crippen LogP contribution in [0.2, 0.25) is 0 Å². The van der Waals surface area contributed by atoms with E-state index in [2.05, 4.69) is 35.0 Å². The third kappa shape index (κ3) is 1.83. The van der Waals surface area contributed by atoms with Crippen LogP contribution in [0.5, 0.6) is 0 Å². The minimum Gasteiger partial charge on any atom is -0.481 e. The fourth-order valence-corrected chi connectivity index (χ4v) is 3.28. The van der Waals surface area contributed by atoms with Crippen molar-refractivity contribution in [2.45, 2.75) is 5.92 Å². The number of nitrogens with one attached hydrogen (secondary N) is 1. The van der Waals surface area contributed by atoms with E-state index in [1.165, 1.54) is 10.1 Å². The van der Waals surface area contributed by atoms with Crippen LogP contribution >= 0.6 is 11.3 Å². The molecule has 2 heterocycles. The van der Waals surface area contributed by atoms with E-state index in [1.807, 2.05) is 0 Å². The van der Waals surface area contributed by atoms with Gasteiger partial charge in [-0.15, -0.1) is 11.3 Å². The molecule has 2 aromatic rings. The van der Waals surface area contributed by atoms with Gasteiger partial charge in [-0.2, -0.15) is 0 Å². The number of carboxylic acid groups (broad SMARTS) is 1. The summed E-state index contributed by atoms with van der Waals surface area (Å²) in [5.74, 6) is -0.909. The van der Waals surface area contributed by atoms with Gasteiger partial charge in [0.05, 0.1) is 5.92 Å². The van der Waals surface area contributed by atoms with Crippen molar-refractivity contribution in [1.29, 1.82) is 0 Å². The number of carbonyl (C=O) groups is 1. The van der Waals surface area contributed by atoms with Crippen molar-refractivity contribution in [2.75, 3.05) is 13.1 Å². The summed E-state index contributed by atoms with van der Waals surface area (Å²) >= 11 is 1.71. The van der Waals surface area contributed by atoms with Crippen LogP contribution in [0.1, 0.15) is 11.5 Å². The third-order valence-corrected chi connectivity index (χ3v) is 4.33. The molecule has 2 N–H and O–H groups in total. The quantitative estimate of drug-likeness (QED) is 0.856. The third-order valence-electron chi connectivity index (χ3n) is 3.44. The van der Waals surface area contributed by atoms with Crippen LogP contribution in [0.25, 0.3) is 10.1 Å². The fourth-order valence-electron chi connectivity index (χ4n) is 2.50. The Hall–Kier alpha value is -1.39. The van der Waals surface area contributed by atoms with Crippen LogP contribution in [0.4, 0.5) is 0 Å². The van der Waals surface area contributed by atoms with Gasteiger partial charge in [0.2, 0.25) is 0 Å². The second-order valence-electron chi connectivity index (χ2n) is 4.43. The van der Waals surface area contributed by atoms with Crippen molar-refractivity contribution in [3.05, 3.63) is 35.2 Å². The van der Waals surface area contributed by atoms with Gasteiger partial charge in [0.1, 0.15) is 0 Å². The molecule has 1 aliphatic heterocycles. The molecule has 4 heteroatoms. The number of hydrogen-bond donors (Lipinski definition) is 2. The van der Waals surface area contributed by atoms with E-state index in [-0.39, 0.29) is 11.8 Å². The molecule has 3 rings (SSSR count). The fraction of sp³-hybridized carbons (Fsp3) is 0.308. The Bertz CT molecular complexity index is 563. The molecule has 88 valence electrons. The van der Waals surface area contributed by atoms with Crippen molar-refractivity contribution in [2.24, 2.45) is 5.92 Å². The normalized spacial score (nSPS) is 24.2. The van der Waals surface area contributed by atoms with E-state index in [0.29, 0.717) is 6.54 Å². The summed E-state index contributed by atoms with van der Waals surface area (Å²) in [6.07, 6.45) is 0. The van der Waals surface area contributed by atoms with Gasteiger partial charge in [-0.3, -0.25) is 4.79 Å². The highest BCUT2D eigenvalue weighted by molar-refractivity contribution is 7.17. The first-order valence-electron chi connectivity index (χ1n) is 5.66. The summed E-state index contributed by atoms with van der Waals surface area (Å²) in [6.45, 7) is 1.33. The Labute approximate surface area is 103 Å². The predicted molar refractivity (Wildman–Crippen MR) is 68.6 cm³/mol. The lowest BCUT2D eigenvalue weighted by Crippen LogP contribution is -2.20. The van der Waals surface area contributed by atoms with Crippen LogP contribution in [-0.4, -0.2) is 24.2 Å². The topological polar surface area (TPSA) is 49.3 Å². The summed E-state index contributed by atoms with van der Waals surface area (Å²) in [5, 5.41) is 15.6. The van der Waals surface area contributed by atoms with Crippen LogP contribution in [-0.2, 0) is 4.79 Å². The van der Waals surface area contributed by atoms with E-state index in [4.69, 9.17) is 0 Å². The molecule has 1 aliphatic rings. The smallest absolute Gasteiger partial charge is 0.308 e. The molecule has 1 saturated heterocycles. The van der Waals surface area contributed by atoms with Crippen LogP contribution in [0.15, 0.2) is 29.6 Å².